The third-order valence-corrected chi connectivity index (χ3v) is 3.90. The van der Waals surface area contributed by atoms with E-state index in [9.17, 15) is 0 Å². The standard InChI is InChI=1S/C16H19N3/c1-11-7-14(9-17-8-11)15-10-18-16(12(2)19-15)13-5-3-4-6-13/h7-10,13H,3-6H2,1-2H3. The van der Waals surface area contributed by atoms with Crippen molar-refractivity contribution >= 4 is 0 Å². The minimum absolute atomic E-state index is 0.622. The fourth-order valence-corrected chi connectivity index (χ4v) is 2.93. The molecule has 0 aromatic carbocycles. The largest absolute Gasteiger partial charge is 0.264 e. The van der Waals surface area contributed by atoms with Crippen LogP contribution in [0.4, 0.5) is 0 Å². The molecule has 3 rings (SSSR count). The van der Waals surface area contributed by atoms with Crippen molar-refractivity contribution in [2.45, 2.75) is 45.4 Å². The highest BCUT2D eigenvalue weighted by atomic mass is 14.8. The minimum Gasteiger partial charge on any atom is -0.264 e. The summed E-state index contributed by atoms with van der Waals surface area (Å²) >= 11 is 0. The Bertz CT molecular complexity index is 586. The van der Waals surface area contributed by atoms with Gasteiger partial charge in [0, 0.05) is 23.9 Å². The first-order valence-corrected chi connectivity index (χ1v) is 6.99. The average Bonchev–Trinajstić information content (AvgIpc) is 2.92. The first kappa shape index (κ1) is 12.3. The molecule has 98 valence electrons. The van der Waals surface area contributed by atoms with Gasteiger partial charge >= 0.3 is 0 Å². The molecular formula is C16H19N3. The predicted molar refractivity (Wildman–Crippen MR) is 75.9 cm³/mol. The summed E-state index contributed by atoms with van der Waals surface area (Å²) in [6.07, 6.45) is 10.8. The summed E-state index contributed by atoms with van der Waals surface area (Å²) in [6.45, 7) is 4.12. The Hall–Kier alpha value is -1.77. The number of hydrogen-bond donors (Lipinski definition) is 0. The number of hydrogen-bond acceptors (Lipinski definition) is 3. The van der Waals surface area contributed by atoms with Gasteiger partial charge in [0.25, 0.3) is 0 Å². The van der Waals surface area contributed by atoms with Crippen LogP contribution in [-0.2, 0) is 0 Å². The Morgan fingerprint density at radius 1 is 1.05 bits per heavy atom. The van der Waals surface area contributed by atoms with Crippen molar-refractivity contribution < 1.29 is 0 Å². The molecule has 3 heteroatoms. The molecule has 0 amide bonds. The maximum atomic E-state index is 4.73. The van der Waals surface area contributed by atoms with Crippen molar-refractivity contribution in [2.75, 3.05) is 0 Å². The highest BCUT2D eigenvalue weighted by Crippen LogP contribution is 2.34. The molecule has 0 saturated heterocycles. The van der Waals surface area contributed by atoms with E-state index in [1.807, 2.05) is 25.5 Å². The molecule has 2 heterocycles. The molecule has 0 unspecified atom stereocenters. The second kappa shape index (κ2) is 5.08. The van der Waals surface area contributed by atoms with Crippen LogP contribution >= 0.6 is 0 Å². The number of pyridine rings is 1. The second-order valence-corrected chi connectivity index (χ2v) is 5.46. The highest BCUT2D eigenvalue weighted by Gasteiger charge is 2.21. The molecule has 1 fully saturated rings. The van der Waals surface area contributed by atoms with Crippen LogP contribution in [0, 0.1) is 13.8 Å². The van der Waals surface area contributed by atoms with Crippen LogP contribution in [0.15, 0.2) is 24.7 Å². The Labute approximate surface area is 114 Å². The highest BCUT2D eigenvalue weighted by molar-refractivity contribution is 5.57. The van der Waals surface area contributed by atoms with Gasteiger partial charge in [0.15, 0.2) is 0 Å². The van der Waals surface area contributed by atoms with E-state index < -0.39 is 0 Å². The lowest BCUT2D eigenvalue weighted by molar-refractivity contribution is 0.684. The smallest absolute Gasteiger partial charge is 0.0904 e. The van der Waals surface area contributed by atoms with Gasteiger partial charge in [0.05, 0.1) is 23.3 Å². The van der Waals surface area contributed by atoms with Gasteiger partial charge in [-0.1, -0.05) is 12.8 Å². The van der Waals surface area contributed by atoms with Gasteiger partial charge < -0.3 is 0 Å². The topological polar surface area (TPSA) is 38.7 Å². The number of rotatable bonds is 2. The van der Waals surface area contributed by atoms with E-state index in [2.05, 4.69) is 23.0 Å². The number of nitrogens with zero attached hydrogens (tertiary/aromatic N) is 3. The fourth-order valence-electron chi connectivity index (χ4n) is 2.93. The molecular weight excluding hydrogens is 234 g/mol. The summed E-state index contributed by atoms with van der Waals surface area (Å²) in [5, 5.41) is 0. The van der Waals surface area contributed by atoms with E-state index in [4.69, 9.17) is 4.98 Å². The van der Waals surface area contributed by atoms with Gasteiger partial charge in [-0.25, -0.2) is 4.98 Å². The number of aromatic nitrogens is 3. The minimum atomic E-state index is 0.622. The molecule has 19 heavy (non-hydrogen) atoms. The SMILES string of the molecule is Cc1cncc(-c2cnc(C3CCCC3)c(C)n2)c1. The van der Waals surface area contributed by atoms with Gasteiger partial charge in [-0.2, -0.15) is 0 Å². The van der Waals surface area contributed by atoms with E-state index in [1.165, 1.54) is 31.4 Å². The van der Waals surface area contributed by atoms with E-state index in [-0.39, 0.29) is 0 Å². The summed E-state index contributed by atoms with van der Waals surface area (Å²) in [7, 11) is 0. The van der Waals surface area contributed by atoms with Crippen molar-refractivity contribution in [1.29, 1.82) is 0 Å². The molecule has 0 atom stereocenters. The lowest BCUT2D eigenvalue weighted by atomic mass is 10.0. The number of aryl methyl sites for hydroxylation is 2. The molecule has 3 nitrogen and oxygen atoms in total. The van der Waals surface area contributed by atoms with Crippen molar-refractivity contribution in [3.63, 3.8) is 0 Å². The summed E-state index contributed by atoms with van der Waals surface area (Å²) in [5.41, 5.74) is 5.40. The maximum absolute atomic E-state index is 4.73. The van der Waals surface area contributed by atoms with Crippen LogP contribution < -0.4 is 0 Å². The normalized spacial score (nSPS) is 15.9. The van der Waals surface area contributed by atoms with E-state index >= 15 is 0 Å². The summed E-state index contributed by atoms with van der Waals surface area (Å²) < 4.78 is 0. The molecule has 0 N–H and O–H groups in total. The zero-order valence-corrected chi connectivity index (χ0v) is 11.6. The van der Waals surface area contributed by atoms with Crippen LogP contribution in [0.1, 0.15) is 48.6 Å². The molecule has 2 aromatic heterocycles. The maximum Gasteiger partial charge on any atom is 0.0904 e. The van der Waals surface area contributed by atoms with Crippen LogP contribution in [0.3, 0.4) is 0 Å². The van der Waals surface area contributed by atoms with E-state index in [1.54, 1.807) is 0 Å². The molecule has 0 bridgehead atoms. The third-order valence-electron chi connectivity index (χ3n) is 3.90. The predicted octanol–water partition coefficient (Wildman–Crippen LogP) is 3.81. The summed E-state index contributed by atoms with van der Waals surface area (Å²) in [6, 6.07) is 2.10. The third kappa shape index (κ3) is 2.50. The van der Waals surface area contributed by atoms with Crippen LogP contribution in [0.2, 0.25) is 0 Å². The lowest BCUT2D eigenvalue weighted by Crippen LogP contribution is -2.03. The zero-order valence-electron chi connectivity index (χ0n) is 11.6. The van der Waals surface area contributed by atoms with Crippen molar-refractivity contribution in [1.82, 2.24) is 15.0 Å². The second-order valence-electron chi connectivity index (χ2n) is 5.46. The van der Waals surface area contributed by atoms with E-state index in [0.717, 1.165) is 22.5 Å². The molecule has 2 aromatic rings. The van der Waals surface area contributed by atoms with Crippen LogP contribution in [0.5, 0.6) is 0 Å². The molecule has 0 radical (unpaired) electrons. The average molecular weight is 253 g/mol. The Balaban J connectivity index is 1.94. The molecule has 1 aliphatic carbocycles. The lowest BCUT2D eigenvalue weighted by Gasteiger charge is -2.12. The zero-order chi connectivity index (χ0) is 13.2. The molecule has 0 aliphatic heterocycles. The first-order chi connectivity index (χ1) is 9.24. The van der Waals surface area contributed by atoms with Crippen LogP contribution in [-0.4, -0.2) is 15.0 Å². The van der Waals surface area contributed by atoms with Gasteiger partial charge in [0.2, 0.25) is 0 Å². The van der Waals surface area contributed by atoms with Gasteiger partial charge in [-0.15, -0.1) is 0 Å². The van der Waals surface area contributed by atoms with Gasteiger partial charge in [0.1, 0.15) is 0 Å². The van der Waals surface area contributed by atoms with Crippen molar-refractivity contribution in [2.24, 2.45) is 0 Å². The molecule has 1 saturated carbocycles. The van der Waals surface area contributed by atoms with Crippen molar-refractivity contribution in [3.05, 3.63) is 41.6 Å². The molecule has 0 spiro atoms. The van der Waals surface area contributed by atoms with Crippen LogP contribution in [0.25, 0.3) is 11.3 Å². The fraction of sp³-hybridized carbons (Fsp3) is 0.438. The monoisotopic (exact) mass is 253 g/mol. The van der Waals surface area contributed by atoms with Gasteiger partial charge in [-0.3, -0.25) is 9.97 Å². The summed E-state index contributed by atoms with van der Waals surface area (Å²) in [5.74, 6) is 0.622. The van der Waals surface area contributed by atoms with Gasteiger partial charge in [-0.05, 0) is 38.3 Å². The summed E-state index contributed by atoms with van der Waals surface area (Å²) in [4.78, 5) is 13.6. The van der Waals surface area contributed by atoms with Crippen molar-refractivity contribution in [3.8, 4) is 11.3 Å². The van der Waals surface area contributed by atoms with E-state index in [0.29, 0.717) is 5.92 Å². The molecule has 1 aliphatic rings. The Morgan fingerprint density at radius 2 is 1.84 bits per heavy atom. The first-order valence-electron chi connectivity index (χ1n) is 6.99. The Kier molecular flexibility index (Phi) is 3.28. The quantitative estimate of drug-likeness (QED) is 0.816. The Morgan fingerprint density at radius 3 is 2.53 bits per heavy atom.